The number of nitrogens with two attached hydrogens (primary N) is 1. The first kappa shape index (κ1) is 10.2. The Morgan fingerprint density at radius 1 is 1.31 bits per heavy atom. The predicted molar refractivity (Wildman–Crippen MR) is 53.1 cm³/mol. The average Bonchev–Trinajstić information content (AvgIpc) is 2.12. The molecule has 0 radical (unpaired) electrons. The Hall–Kier alpha value is -0.890. The second kappa shape index (κ2) is 4.97. The Morgan fingerprint density at radius 2 is 2.08 bits per heavy atom. The summed E-state index contributed by atoms with van der Waals surface area (Å²) in [6.45, 7) is 2.53. The van der Waals surface area contributed by atoms with Crippen molar-refractivity contribution in [2.75, 3.05) is 6.54 Å². The molecule has 0 bridgehead atoms. The number of rotatable bonds is 4. The molecule has 13 heavy (non-hydrogen) atoms. The van der Waals surface area contributed by atoms with Crippen LogP contribution in [0.1, 0.15) is 24.0 Å². The highest BCUT2D eigenvalue weighted by Gasteiger charge is 1.98. The van der Waals surface area contributed by atoms with E-state index in [0.717, 1.165) is 31.4 Å². The molecule has 2 heteroatoms. The summed E-state index contributed by atoms with van der Waals surface area (Å²) in [7, 11) is 0. The van der Waals surface area contributed by atoms with Gasteiger partial charge < -0.3 is 5.73 Å². The smallest absolute Gasteiger partial charge is 0.126 e. The molecule has 0 aliphatic rings. The number of unbranched alkanes of at least 4 members (excludes halogenated alkanes) is 1. The summed E-state index contributed by atoms with van der Waals surface area (Å²) in [4.78, 5) is 0. The van der Waals surface area contributed by atoms with Gasteiger partial charge in [0.05, 0.1) is 0 Å². The van der Waals surface area contributed by atoms with Gasteiger partial charge in [0.25, 0.3) is 0 Å². The topological polar surface area (TPSA) is 26.0 Å². The maximum Gasteiger partial charge on any atom is 0.126 e. The Bertz CT molecular complexity index is 271. The first-order chi connectivity index (χ1) is 6.24. The molecule has 0 aliphatic heterocycles. The van der Waals surface area contributed by atoms with E-state index in [1.165, 1.54) is 11.6 Å². The molecule has 2 N–H and O–H groups in total. The van der Waals surface area contributed by atoms with E-state index in [0.29, 0.717) is 0 Å². The van der Waals surface area contributed by atoms with Crippen molar-refractivity contribution in [2.24, 2.45) is 5.73 Å². The Balaban J connectivity index is 2.53. The van der Waals surface area contributed by atoms with Crippen molar-refractivity contribution in [3.63, 3.8) is 0 Å². The minimum absolute atomic E-state index is 0.123. The van der Waals surface area contributed by atoms with Crippen LogP contribution in [0.3, 0.4) is 0 Å². The highest BCUT2D eigenvalue weighted by molar-refractivity contribution is 5.23. The van der Waals surface area contributed by atoms with Gasteiger partial charge in [-0.15, -0.1) is 0 Å². The van der Waals surface area contributed by atoms with Crippen molar-refractivity contribution in [2.45, 2.75) is 26.2 Å². The van der Waals surface area contributed by atoms with Gasteiger partial charge in [0.1, 0.15) is 5.82 Å². The normalized spacial score (nSPS) is 10.4. The average molecular weight is 181 g/mol. The molecule has 0 fully saturated rings. The first-order valence-electron chi connectivity index (χ1n) is 4.69. The van der Waals surface area contributed by atoms with Gasteiger partial charge >= 0.3 is 0 Å². The van der Waals surface area contributed by atoms with Crippen LogP contribution in [0, 0.1) is 12.7 Å². The summed E-state index contributed by atoms with van der Waals surface area (Å²) in [6.07, 6.45) is 3.12. The van der Waals surface area contributed by atoms with Gasteiger partial charge in [-0.2, -0.15) is 0 Å². The fraction of sp³-hybridized carbons (Fsp3) is 0.455. The summed E-state index contributed by atoms with van der Waals surface area (Å²) < 4.78 is 12.9. The molecule has 0 atom stereocenters. The molecule has 0 aromatic heterocycles. The molecule has 1 aromatic carbocycles. The minimum Gasteiger partial charge on any atom is -0.330 e. The van der Waals surface area contributed by atoms with E-state index in [1.54, 1.807) is 6.92 Å². The number of halogens is 1. The van der Waals surface area contributed by atoms with E-state index in [-0.39, 0.29) is 5.82 Å². The number of hydrogen-bond acceptors (Lipinski definition) is 1. The Kier molecular flexibility index (Phi) is 3.90. The van der Waals surface area contributed by atoms with E-state index >= 15 is 0 Å². The lowest BCUT2D eigenvalue weighted by Crippen LogP contribution is -1.99. The van der Waals surface area contributed by atoms with E-state index < -0.39 is 0 Å². The molecule has 0 saturated heterocycles. The Morgan fingerprint density at radius 3 is 2.69 bits per heavy atom. The lowest BCUT2D eigenvalue weighted by molar-refractivity contribution is 0.617. The highest BCUT2D eigenvalue weighted by Crippen LogP contribution is 2.11. The monoisotopic (exact) mass is 181 g/mol. The van der Waals surface area contributed by atoms with Crippen LogP contribution in [0.4, 0.5) is 4.39 Å². The molecule has 0 amide bonds. The van der Waals surface area contributed by atoms with Crippen molar-refractivity contribution in [3.8, 4) is 0 Å². The molecule has 0 unspecified atom stereocenters. The van der Waals surface area contributed by atoms with Gasteiger partial charge in [0, 0.05) is 0 Å². The maximum absolute atomic E-state index is 12.9. The van der Waals surface area contributed by atoms with E-state index in [4.69, 9.17) is 5.73 Å². The lowest BCUT2D eigenvalue weighted by atomic mass is 10.1. The van der Waals surface area contributed by atoms with E-state index in [9.17, 15) is 4.39 Å². The summed E-state index contributed by atoms with van der Waals surface area (Å²) in [5, 5.41) is 0. The molecule has 72 valence electrons. The van der Waals surface area contributed by atoms with Crippen LogP contribution in [-0.2, 0) is 6.42 Å². The summed E-state index contributed by atoms with van der Waals surface area (Å²) in [5.41, 5.74) is 7.32. The molecular formula is C11H16FN. The zero-order valence-electron chi connectivity index (χ0n) is 8.02. The highest BCUT2D eigenvalue weighted by atomic mass is 19.1. The summed E-state index contributed by atoms with van der Waals surface area (Å²) >= 11 is 0. The quantitative estimate of drug-likeness (QED) is 0.709. The SMILES string of the molecule is Cc1cc(CCCCN)ccc1F. The van der Waals surface area contributed by atoms with Crippen molar-refractivity contribution < 1.29 is 4.39 Å². The second-order valence-corrected chi connectivity index (χ2v) is 3.33. The summed E-state index contributed by atoms with van der Waals surface area (Å²) in [5.74, 6) is -0.123. The van der Waals surface area contributed by atoms with Gasteiger partial charge in [-0.25, -0.2) is 4.39 Å². The van der Waals surface area contributed by atoms with E-state index in [1.807, 2.05) is 12.1 Å². The molecule has 0 heterocycles. The van der Waals surface area contributed by atoms with Gasteiger partial charge in [-0.05, 0) is 49.9 Å². The largest absolute Gasteiger partial charge is 0.330 e. The van der Waals surface area contributed by atoms with Gasteiger partial charge in [-0.1, -0.05) is 12.1 Å². The van der Waals surface area contributed by atoms with Crippen molar-refractivity contribution in [3.05, 3.63) is 35.1 Å². The van der Waals surface area contributed by atoms with Crippen LogP contribution < -0.4 is 5.73 Å². The molecule has 1 aromatic rings. The molecule has 0 spiro atoms. The lowest BCUT2D eigenvalue weighted by Gasteiger charge is -2.02. The van der Waals surface area contributed by atoms with Crippen molar-refractivity contribution >= 4 is 0 Å². The van der Waals surface area contributed by atoms with Crippen LogP contribution in [0.2, 0.25) is 0 Å². The third-order valence-electron chi connectivity index (χ3n) is 2.14. The summed E-state index contributed by atoms with van der Waals surface area (Å²) in [6, 6.07) is 5.29. The third kappa shape index (κ3) is 3.15. The van der Waals surface area contributed by atoms with Gasteiger partial charge in [-0.3, -0.25) is 0 Å². The number of aryl methyl sites for hydroxylation is 2. The Labute approximate surface area is 78.8 Å². The maximum atomic E-state index is 12.9. The van der Waals surface area contributed by atoms with Crippen LogP contribution in [-0.4, -0.2) is 6.54 Å². The predicted octanol–water partition coefficient (Wildman–Crippen LogP) is 2.42. The molecule has 0 aliphatic carbocycles. The van der Waals surface area contributed by atoms with Crippen molar-refractivity contribution in [1.82, 2.24) is 0 Å². The number of benzene rings is 1. The number of hydrogen-bond donors (Lipinski definition) is 1. The van der Waals surface area contributed by atoms with Crippen LogP contribution in [0.15, 0.2) is 18.2 Å². The zero-order valence-corrected chi connectivity index (χ0v) is 8.02. The molecule has 1 nitrogen and oxygen atoms in total. The molecule has 0 saturated carbocycles. The third-order valence-corrected chi connectivity index (χ3v) is 2.14. The van der Waals surface area contributed by atoms with Crippen LogP contribution in [0.25, 0.3) is 0 Å². The van der Waals surface area contributed by atoms with E-state index in [2.05, 4.69) is 0 Å². The van der Waals surface area contributed by atoms with Crippen LogP contribution >= 0.6 is 0 Å². The molecular weight excluding hydrogens is 165 g/mol. The minimum atomic E-state index is -0.123. The van der Waals surface area contributed by atoms with Crippen LogP contribution in [0.5, 0.6) is 0 Å². The van der Waals surface area contributed by atoms with Crippen molar-refractivity contribution in [1.29, 1.82) is 0 Å². The first-order valence-corrected chi connectivity index (χ1v) is 4.69. The second-order valence-electron chi connectivity index (χ2n) is 3.33. The standard InChI is InChI=1S/C11H16FN/c1-9-8-10(4-2-3-7-13)5-6-11(9)12/h5-6,8H,2-4,7,13H2,1H3. The fourth-order valence-electron chi connectivity index (χ4n) is 1.34. The zero-order chi connectivity index (χ0) is 9.68. The van der Waals surface area contributed by atoms with Gasteiger partial charge in [0.15, 0.2) is 0 Å². The molecule has 1 rings (SSSR count). The fourth-order valence-corrected chi connectivity index (χ4v) is 1.34. The van der Waals surface area contributed by atoms with Gasteiger partial charge in [0.2, 0.25) is 0 Å².